The van der Waals surface area contributed by atoms with Gasteiger partial charge in [-0.2, -0.15) is 0 Å². The van der Waals surface area contributed by atoms with Gasteiger partial charge in [-0.1, -0.05) is 42.5 Å². The van der Waals surface area contributed by atoms with E-state index in [-0.39, 0.29) is 12.0 Å². The second-order valence-corrected chi connectivity index (χ2v) is 4.49. The summed E-state index contributed by atoms with van der Waals surface area (Å²) in [7, 11) is 0. The summed E-state index contributed by atoms with van der Waals surface area (Å²) in [5, 5.41) is 9.82. The van der Waals surface area contributed by atoms with Crippen LogP contribution in [-0.4, -0.2) is 17.8 Å². The molecule has 1 fully saturated rings. The Kier molecular flexibility index (Phi) is 3.42. The fourth-order valence-corrected chi connectivity index (χ4v) is 2.22. The number of ether oxygens (including phenoxy) is 1. The van der Waals surface area contributed by atoms with Gasteiger partial charge in [0.25, 0.3) is 0 Å². The first-order valence-electron chi connectivity index (χ1n) is 5.68. The fourth-order valence-electron chi connectivity index (χ4n) is 2.22. The molecule has 16 heavy (non-hydrogen) atoms. The summed E-state index contributed by atoms with van der Waals surface area (Å²) < 4.78 is 5.67. The van der Waals surface area contributed by atoms with Crippen molar-refractivity contribution in [2.24, 2.45) is 5.92 Å². The molecule has 0 bridgehead atoms. The zero-order chi connectivity index (χ0) is 11.5. The van der Waals surface area contributed by atoms with Gasteiger partial charge in [0.1, 0.15) is 0 Å². The summed E-state index contributed by atoms with van der Waals surface area (Å²) in [6.07, 6.45) is 0.504. The summed E-state index contributed by atoms with van der Waals surface area (Å²) in [5.41, 5.74) is 2.22. The quantitative estimate of drug-likeness (QED) is 0.773. The van der Waals surface area contributed by atoms with Gasteiger partial charge >= 0.3 is 0 Å². The predicted molar refractivity (Wildman–Crippen MR) is 64.1 cm³/mol. The van der Waals surface area contributed by atoms with Crippen LogP contribution < -0.4 is 0 Å². The Bertz CT molecular complexity index is 358. The van der Waals surface area contributed by atoms with E-state index in [1.807, 2.05) is 25.1 Å². The summed E-state index contributed by atoms with van der Waals surface area (Å²) in [5.74, 6) is 0.152. The molecule has 0 amide bonds. The second kappa shape index (κ2) is 4.81. The van der Waals surface area contributed by atoms with Crippen molar-refractivity contribution in [3.8, 4) is 0 Å². The lowest BCUT2D eigenvalue weighted by Crippen LogP contribution is -2.34. The van der Waals surface area contributed by atoms with Gasteiger partial charge in [-0.15, -0.1) is 0 Å². The Hall–Kier alpha value is -1.12. The molecule has 1 aliphatic rings. The molecule has 1 aromatic carbocycles. The lowest BCUT2D eigenvalue weighted by Gasteiger charge is -2.34. The SMILES string of the molecule is C=C(C)[C@@H]1CC(c2ccccc2)OC[C@H]1O. The third-order valence-electron chi connectivity index (χ3n) is 3.20. The fraction of sp³-hybridized carbons (Fsp3) is 0.429. The van der Waals surface area contributed by atoms with E-state index in [1.165, 1.54) is 5.56 Å². The molecule has 0 saturated carbocycles. The van der Waals surface area contributed by atoms with Crippen LogP contribution in [-0.2, 0) is 4.74 Å². The molecule has 1 unspecified atom stereocenters. The molecule has 0 aromatic heterocycles. The third kappa shape index (κ3) is 2.34. The smallest absolute Gasteiger partial charge is 0.0839 e. The predicted octanol–water partition coefficient (Wildman–Crippen LogP) is 2.70. The monoisotopic (exact) mass is 218 g/mol. The van der Waals surface area contributed by atoms with Crippen molar-refractivity contribution in [2.75, 3.05) is 6.61 Å². The van der Waals surface area contributed by atoms with Crippen LogP contribution in [0.3, 0.4) is 0 Å². The first-order valence-corrected chi connectivity index (χ1v) is 5.68. The maximum atomic E-state index is 9.82. The maximum Gasteiger partial charge on any atom is 0.0839 e. The van der Waals surface area contributed by atoms with Gasteiger partial charge in [0.15, 0.2) is 0 Å². The first kappa shape index (κ1) is 11.4. The molecular weight excluding hydrogens is 200 g/mol. The molecule has 1 heterocycles. The van der Waals surface area contributed by atoms with Crippen molar-refractivity contribution in [1.82, 2.24) is 0 Å². The summed E-state index contributed by atoms with van der Waals surface area (Å²) in [4.78, 5) is 0. The molecule has 2 rings (SSSR count). The van der Waals surface area contributed by atoms with E-state index in [1.54, 1.807) is 0 Å². The van der Waals surface area contributed by atoms with Crippen molar-refractivity contribution in [2.45, 2.75) is 25.6 Å². The standard InChI is InChI=1S/C14H18O2/c1-10(2)12-8-14(16-9-13(12)15)11-6-4-3-5-7-11/h3-7,12-15H,1,8-9H2,2H3/t12-,13+,14?/m0/s1. The van der Waals surface area contributed by atoms with Crippen LogP contribution in [0.4, 0.5) is 0 Å². The number of aliphatic hydroxyl groups excluding tert-OH is 1. The summed E-state index contributed by atoms with van der Waals surface area (Å²) in [6.45, 7) is 6.32. The van der Waals surface area contributed by atoms with Crippen LogP contribution in [0.1, 0.15) is 25.0 Å². The zero-order valence-corrected chi connectivity index (χ0v) is 9.60. The van der Waals surface area contributed by atoms with Crippen molar-refractivity contribution in [1.29, 1.82) is 0 Å². The van der Waals surface area contributed by atoms with E-state index in [4.69, 9.17) is 4.74 Å². The van der Waals surface area contributed by atoms with Crippen molar-refractivity contribution in [3.05, 3.63) is 48.0 Å². The lowest BCUT2D eigenvalue weighted by atomic mass is 9.86. The molecule has 1 N–H and O–H groups in total. The molecule has 1 aromatic rings. The summed E-state index contributed by atoms with van der Waals surface area (Å²) in [6, 6.07) is 10.2. The number of aliphatic hydroxyl groups is 1. The Morgan fingerprint density at radius 3 is 2.69 bits per heavy atom. The van der Waals surface area contributed by atoms with Crippen molar-refractivity contribution in [3.63, 3.8) is 0 Å². The number of hydrogen-bond donors (Lipinski definition) is 1. The van der Waals surface area contributed by atoms with E-state index in [2.05, 4.69) is 18.7 Å². The van der Waals surface area contributed by atoms with E-state index in [9.17, 15) is 5.11 Å². The minimum Gasteiger partial charge on any atom is -0.390 e. The normalized spacial score (nSPS) is 30.0. The Morgan fingerprint density at radius 2 is 2.06 bits per heavy atom. The molecule has 0 aliphatic carbocycles. The molecule has 86 valence electrons. The molecule has 1 saturated heterocycles. The van der Waals surface area contributed by atoms with E-state index >= 15 is 0 Å². The minimum atomic E-state index is -0.405. The van der Waals surface area contributed by atoms with Gasteiger partial charge in [-0.05, 0) is 18.9 Å². The Morgan fingerprint density at radius 1 is 1.38 bits per heavy atom. The maximum absolute atomic E-state index is 9.82. The highest BCUT2D eigenvalue weighted by molar-refractivity contribution is 5.19. The van der Waals surface area contributed by atoms with Crippen LogP contribution >= 0.6 is 0 Å². The first-order chi connectivity index (χ1) is 7.68. The topological polar surface area (TPSA) is 29.5 Å². The second-order valence-electron chi connectivity index (χ2n) is 4.49. The molecule has 0 spiro atoms. The van der Waals surface area contributed by atoms with Gasteiger partial charge in [0.05, 0.1) is 18.8 Å². The van der Waals surface area contributed by atoms with Crippen LogP contribution in [0.25, 0.3) is 0 Å². The average molecular weight is 218 g/mol. The molecule has 2 heteroatoms. The van der Waals surface area contributed by atoms with Gasteiger partial charge in [-0.25, -0.2) is 0 Å². The Balaban J connectivity index is 2.12. The zero-order valence-electron chi connectivity index (χ0n) is 9.60. The number of rotatable bonds is 2. The highest BCUT2D eigenvalue weighted by Gasteiger charge is 2.30. The van der Waals surface area contributed by atoms with Gasteiger partial charge in [0, 0.05) is 5.92 Å². The van der Waals surface area contributed by atoms with E-state index in [0.29, 0.717) is 6.61 Å². The lowest BCUT2D eigenvalue weighted by molar-refractivity contribution is -0.0806. The highest BCUT2D eigenvalue weighted by Crippen LogP contribution is 2.34. The van der Waals surface area contributed by atoms with E-state index in [0.717, 1.165) is 12.0 Å². The van der Waals surface area contributed by atoms with Crippen molar-refractivity contribution < 1.29 is 9.84 Å². The number of benzene rings is 1. The van der Waals surface area contributed by atoms with Gasteiger partial charge in [0.2, 0.25) is 0 Å². The highest BCUT2D eigenvalue weighted by atomic mass is 16.5. The molecule has 3 atom stereocenters. The largest absolute Gasteiger partial charge is 0.390 e. The molecule has 0 radical (unpaired) electrons. The number of hydrogen-bond acceptors (Lipinski definition) is 2. The van der Waals surface area contributed by atoms with Gasteiger partial charge < -0.3 is 9.84 Å². The molecular formula is C14H18O2. The average Bonchev–Trinajstić information content (AvgIpc) is 2.30. The Labute approximate surface area is 96.6 Å². The van der Waals surface area contributed by atoms with Gasteiger partial charge in [-0.3, -0.25) is 0 Å². The van der Waals surface area contributed by atoms with Crippen molar-refractivity contribution >= 4 is 0 Å². The van der Waals surface area contributed by atoms with Crippen LogP contribution in [0, 0.1) is 5.92 Å². The van der Waals surface area contributed by atoms with E-state index < -0.39 is 6.10 Å². The van der Waals surface area contributed by atoms with Crippen LogP contribution in [0.5, 0.6) is 0 Å². The minimum absolute atomic E-state index is 0.0892. The summed E-state index contributed by atoms with van der Waals surface area (Å²) >= 11 is 0. The van der Waals surface area contributed by atoms with Crippen LogP contribution in [0.15, 0.2) is 42.5 Å². The van der Waals surface area contributed by atoms with Crippen LogP contribution in [0.2, 0.25) is 0 Å². The molecule has 2 nitrogen and oxygen atoms in total. The third-order valence-corrected chi connectivity index (χ3v) is 3.20. The molecule has 1 aliphatic heterocycles.